The summed E-state index contributed by atoms with van der Waals surface area (Å²) < 4.78 is 5.04. The minimum Gasteiger partial charge on any atom is -0.424 e. The smallest absolute Gasteiger partial charge is 0.308 e. The van der Waals surface area contributed by atoms with E-state index in [-0.39, 0.29) is 24.0 Å². The largest absolute Gasteiger partial charge is 0.424 e. The number of nitrogens with one attached hydrogen (secondary N) is 2. The minimum absolute atomic E-state index is 0.0429. The molecule has 2 N–H and O–H groups in total. The summed E-state index contributed by atoms with van der Waals surface area (Å²) in [6.07, 6.45) is -0.0429. The first-order valence-corrected chi connectivity index (χ1v) is 8.37. The lowest BCUT2D eigenvalue weighted by Crippen LogP contribution is -2.28. The quantitative estimate of drug-likeness (QED) is 0.360. The fourth-order valence-corrected chi connectivity index (χ4v) is 2.83. The lowest BCUT2D eigenvalue weighted by atomic mass is 10.2. The molecule has 132 valence electrons. The number of ether oxygens (including phenoxy) is 1. The molecule has 9 heteroatoms. The van der Waals surface area contributed by atoms with Gasteiger partial charge in [0.25, 0.3) is 0 Å². The number of amidine groups is 1. The van der Waals surface area contributed by atoms with Crippen molar-refractivity contribution in [2.45, 2.75) is 32.4 Å². The van der Waals surface area contributed by atoms with Crippen molar-refractivity contribution in [2.24, 2.45) is 10.2 Å². The standard InChI is InChI=1S/C16H18N4O4S/c1-9(2)19-20-16-18-15(23)13(25-16)8-14(22)17-11-6-4-5-7-12(11)24-10(3)21/h4-7,13H,8H2,1-3H3,(H,17,22)(H,18,20,23). The second-order valence-corrected chi connectivity index (χ2v) is 6.58. The van der Waals surface area contributed by atoms with Gasteiger partial charge in [-0.3, -0.25) is 14.4 Å². The summed E-state index contributed by atoms with van der Waals surface area (Å²) in [6, 6.07) is 6.58. The van der Waals surface area contributed by atoms with Gasteiger partial charge in [-0.05, 0) is 26.0 Å². The number of hydrogen-bond donors (Lipinski definition) is 2. The third-order valence-corrected chi connectivity index (χ3v) is 3.98. The highest BCUT2D eigenvalue weighted by atomic mass is 32.2. The topological polar surface area (TPSA) is 109 Å². The summed E-state index contributed by atoms with van der Waals surface area (Å²) in [7, 11) is 0. The SMILES string of the molecule is CC(=O)Oc1ccccc1NC(=O)CC1SC(=NN=C(C)C)NC1=O. The molecule has 0 aromatic heterocycles. The number of rotatable bonds is 5. The number of esters is 1. The molecule has 0 radical (unpaired) electrons. The average Bonchev–Trinajstić information content (AvgIpc) is 2.87. The van der Waals surface area contributed by atoms with Gasteiger partial charge in [-0.25, -0.2) is 0 Å². The Kier molecular flexibility index (Phi) is 6.29. The third-order valence-electron chi connectivity index (χ3n) is 2.90. The molecule has 2 rings (SSSR count). The normalized spacial score (nSPS) is 17.8. The van der Waals surface area contributed by atoms with Crippen LogP contribution >= 0.6 is 11.8 Å². The summed E-state index contributed by atoms with van der Waals surface area (Å²) in [5, 5.41) is 12.8. The van der Waals surface area contributed by atoms with Crippen molar-refractivity contribution in [3.63, 3.8) is 0 Å². The predicted molar refractivity (Wildman–Crippen MR) is 96.7 cm³/mol. The number of nitrogens with zero attached hydrogens (tertiary/aromatic N) is 2. The first-order valence-electron chi connectivity index (χ1n) is 7.49. The summed E-state index contributed by atoms with van der Waals surface area (Å²) in [4.78, 5) is 35.2. The molecule has 8 nitrogen and oxygen atoms in total. The van der Waals surface area contributed by atoms with Gasteiger partial charge in [-0.15, -0.1) is 5.10 Å². The van der Waals surface area contributed by atoms with Gasteiger partial charge >= 0.3 is 5.97 Å². The van der Waals surface area contributed by atoms with E-state index < -0.39 is 11.2 Å². The van der Waals surface area contributed by atoms with Crippen LogP contribution in [-0.2, 0) is 14.4 Å². The van der Waals surface area contributed by atoms with E-state index in [2.05, 4.69) is 20.8 Å². The minimum atomic E-state index is -0.591. The lowest BCUT2D eigenvalue weighted by molar-refractivity contribution is -0.132. The molecule has 0 aliphatic carbocycles. The van der Waals surface area contributed by atoms with Crippen LogP contribution in [0.25, 0.3) is 0 Å². The number of carbonyl (C=O) groups excluding carboxylic acids is 3. The molecule has 0 saturated carbocycles. The van der Waals surface area contributed by atoms with Gasteiger partial charge in [0, 0.05) is 19.1 Å². The molecule has 1 aliphatic heterocycles. The van der Waals surface area contributed by atoms with Crippen LogP contribution in [-0.4, -0.2) is 33.9 Å². The molecule has 1 heterocycles. The van der Waals surface area contributed by atoms with Crippen LogP contribution < -0.4 is 15.4 Å². The Balaban J connectivity index is 1.99. The maximum Gasteiger partial charge on any atom is 0.308 e. The summed E-state index contributed by atoms with van der Waals surface area (Å²) in [5.41, 5.74) is 1.12. The maximum absolute atomic E-state index is 12.2. The lowest BCUT2D eigenvalue weighted by Gasteiger charge is -2.11. The number of benzene rings is 1. The van der Waals surface area contributed by atoms with E-state index >= 15 is 0 Å². The Hall–Kier alpha value is -2.68. The van der Waals surface area contributed by atoms with Crippen LogP contribution in [0, 0.1) is 0 Å². The van der Waals surface area contributed by atoms with E-state index in [1.54, 1.807) is 38.1 Å². The van der Waals surface area contributed by atoms with Gasteiger partial charge < -0.3 is 15.4 Å². The van der Waals surface area contributed by atoms with Gasteiger partial charge in [0.1, 0.15) is 5.25 Å². The van der Waals surface area contributed by atoms with Crippen molar-refractivity contribution in [1.29, 1.82) is 0 Å². The van der Waals surface area contributed by atoms with E-state index in [1.165, 1.54) is 6.92 Å². The van der Waals surface area contributed by atoms with Crippen molar-refractivity contribution in [2.75, 3.05) is 5.32 Å². The van der Waals surface area contributed by atoms with Crippen LogP contribution in [0.15, 0.2) is 34.5 Å². The van der Waals surface area contributed by atoms with Crippen LogP contribution in [0.1, 0.15) is 27.2 Å². The number of thioether (sulfide) groups is 1. The van der Waals surface area contributed by atoms with Gasteiger partial charge in [0.05, 0.1) is 5.69 Å². The van der Waals surface area contributed by atoms with Crippen LogP contribution in [0.2, 0.25) is 0 Å². The van der Waals surface area contributed by atoms with Gasteiger partial charge in [0.2, 0.25) is 11.8 Å². The Morgan fingerprint density at radius 1 is 1.28 bits per heavy atom. The second-order valence-electron chi connectivity index (χ2n) is 5.39. The van der Waals surface area contributed by atoms with E-state index in [1.807, 2.05) is 0 Å². The van der Waals surface area contributed by atoms with E-state index in [9.17, 15) is 14.4 Å². The summed E-state index contributed by atoms with van der Waals surface area (Å²) in [6.45, 7) is 4.85. The van der Waals surface area contributed by atoms with Gasteiger partial charge in [0.15, 0.2) is 10.9 Å². The molecule has 1 unspecified atom stereocenters. The highest BCUT2D eigenvalue weighted by Gasteiger charge is 2.32. The van der Waals surface area contributed by atoms with Crippen LogP contribution in [0.4, 0.5) is 5.69 Å². The van der Waals surface area contributed by atoms with Crippen LogP contribution in [0.5, 0.6) is 5.75 Å². The first kappa shape index (κ1) is 18.7. The van der Waals surface area contributed by atoms with E-state index in [0.29, 0.717) is 10.9 Å². The van der Waals surface area contributed by atoms with Crippen molar-refractivity contribution in [3.05, 3.63) is 24.3 Å². The Morgan fingerprint density at radius 3 is 2.68 bits per heavy atom. The molecule has 1 aromatic rings. The molecule has 25 heavy (non-hydrogen) atoms. The molecule has 2 amide bonds. The second kappa shape index (κ2) is 8.43. The molecule has 1 atom stereocenters. The number of hydrogen-bond acceptors (Lipinski definition) is 7. The van der Waals surface area contributed by atoms with Crippen molar-refractivity contribution in [1.82, 2.24) is 5.32 Å². The fraction of sp³-hybridized carbons (Fsp3) is 0.312. The van der Waals surface area contributed by atoms with Crippen molar-refractivity contribution in [3.8, 4) is 5.75 Å². The van der Waals surface area contributed by atoms with E-state index in [4.69, 9.17) is 4.74 Å². The third kappa shape index (κ3) is 5.71. The van der Waals surface area contributed by atoms with Crippen molar-refractivity contribution >= 4 is 46.1 Å². The summed E-state index contributed by atoms with van der Waals surface area (Å²) >= 11 is 1.15. The number of carbonyl (C=O) groups is 3. The zero-order chi connectivity index (χ0) is 18.4. The molecule has 0 spiro atoms. The highest BCUT2D eigenvalue weighted by Crippen LogP contribution is 2.26. The Labute approximate surface area is 149 Å². The predicted octanol–water partition coefficient (Wildman–Crippen LogP) is 1.92. The van der Waals surface area contributed by atoms with Crippen molar-refractivity contribution < 1.29 is 19.1 Å². The molecule has 1 saturated heterocycles. The molecular formula is C16H18N4O4S. The van der Waals surface area contributed by atoms with Gasteiger partial charge in [-0.2, -0.15) is 5.10 Å². The summed E-state index contributed by atoms with van der Waals surface area (Å²) in [5.74, 6) is -0.901. The Morgan fingerprint density at radius 2 is 2.00 bits per heavy atom. The monoisotopic (exact) mass is 362 g/mol. The maximum atomic E-state index is 12.2. The zero-order valence-corrected chi connectivity index (χ0v) is 14.8. The molecular weight excluding hydrogens is 344 g/mol. The van der Waals surface area contributed by atoms with Gasteiger partial charge in [-0.1, -0.05) is 23.9 Å². The first-order chi connectivity index (χ1) is 11.8. The average molecular weight is 362 g/mol. The molecule has 0 bridgehead atoms. The zero-order valence-electron chi connectivity index (χ0n) is 14.0. The number of anilines is 1. The molecule has 1 aromatic carbocycles. The highest BCUT2D eigenvalue weighted by molar-refractivity contribution is 8.15. The van der Waals surface area contributed by atoms with E-state index in [0.717, 1.165) is 17.5 Å². The Bertz CT molecular complexity index is 756. The number of para-hydroxylation sites is 2. The van der Waals surface area contributed by atoms with Crippen LogP contribution in [0.3, 0.4) is 0 Å². The molecule has 1 fully saturated rings. The fourth-order valence-electron chi connectivity index (χ4n) is 1.92. The molecule has 1 aliphatic rings. The number of amides is 2.